The van der Waals surface area contributed by atoms with Gasteiger partial charge in [0.25, 0.3) is 0 Å². The van der Waals surface area contributed by atoms with Crippen LogP contribution in [0.25, 0.3) is 10.8 Å². The maximum absolute atomic E-state index is 11.0. The molecule has 1 N–H and O–H groups in total. The van der Waals surface area contributed by atoms with Gasteiger partial charge in [0.15, 0.2) is 0 Å². The minimum absolute atomic E-state index is 0.118. The summed E-state index contributed by atoms with van der Waals surface area (Å²) in [6.07, 6.45) is 0.118. The van der Waals surface area contributed by atoms with Crippen LogP contribution in [-0.2, 0) is 6.42 Å². The van der Waals surface area contributed by atoms with Crippen molar-refractivity contribution in [2.75, 3.05) is 0 Å². The van der Waals surface area contributed by atoms with Gasteiger partial charge in [-0.1, -0.05) is 24.3 Å². The lowest BCUT2D eigenvalue weighted by Gasteiger charge is -2.05. The molecule has 0 unspecified atom stereocenters. The number of rotatable bonds is 2. The number of nitriles is 1. The monoisotopic (exact) mass is 211 g/mol. The minimum atomic E-state index is -0.990. The molecule has 0 aliphatic carbocycles. The highest BCUT2D eigenvalue weighted by molar-refractivity contribution is 5.96. The molecule has 0 radical (unpaired) electrons. The topological polar surface area (TPSA) is 61.1 Å². The van der Waals surface area contributed by atoms with E-state index in [4.69, 9.17) is 10.4 Å². The molecule has 16 heavy (non-hydrogen) atoms. The fraction of sp³-hybridized carbons (Fsp3) is 0.0769. The summed E-state index contributed by atoms with van der Waals surface area (Å²) < 4.78 is 0. The molecular formula is C13H9NO2. The quantitative estimate of drug-likeness (QED) is 0.830. The van der Waals surface area contributed by atoms with Crippen molar-refractivity contribution in [3.05, 3.63) is 47.5 Å². The highest BCUT2D eigenvalue weighted by Crippen LogP contribution is 2.20. The van der Waals surface area contributed by atoms with Crippen LogP contribution in [0.2, 0.25) is 0 Å². The first-order valence-electron chi connectivity index (χ1n) is 4.84. The van der Waals surface area contributed by atoms with Crippen molar-refractivity contribution < 1.29 is 9.90 Å². The molecule has 2 aromatic carbocycles. The number of benzene rings is 2. The summed E-state index contributed by atoms with van der Waals surface area (Å²) in [5.74, 6) is -0.990. The van der Waals surface area contributed by atoms with Crippen molar-refractivity contribution in [2.45, 2.75) is 6.42 Å². The van der Waals surface area contributed by atoms with Gasteiger partial charge >= 0.3 is 5.97 Å². The predicted molar refractivity (Wildman–Crippen MR) is 60.2 cm³/mol. The van der Waals surface area contributed by atoms with E-state index >= 15 is 0 Å². The molecule has 0 heterocycles. The third-order valence-corrected chi connectivity index (χ3v) is 2.47. The van der Waals surface area contributed by atoms with Crippen LogP contribution in [0.3, 0.4) is 0 Å². The zero-order chi connectivity index (χ0) is 11.5. The van der Waals surface area contributed by atoms with Crippen molar-refractivity contribution in [1.82, 2.24) is 0 Å². The Hall–Kier alpha value is -2.34. The second-order valence-electron chi connectivity index (χ2n) is 3.50. The SMILES string of the molecule is N#CCc1cc2ccccc2cc1C(=O)O. The third-order valence-electron chi connectivity index (χ3n) is 2.47. The van der Waals surface area contributed by atoms with E-state index in [2.05, 4.69) is 0 Å². The Bertz CT molecular complexity index is 596. The summed E-state index contributed by atoms with van der Waals surface area (Å²) in [6, 6.07) is 12.9. The van der Waals surface area contributed by atoms with Gasteiger partial charge < -0.3 is 5.11 Å². The van der Waals surface area contributed by atoms with Gasteiger partial charge in [-0.3, -0.25) is 0 Å². The highest BCUT2D eigenvalue weighted by atomic mass is 16.4. The van der Waals surface area contributed by atoms with Gasteiger partial charge in [-0.15, -0.1) is 0 Å². The third kappa shape index (κ3) is 1.73. The smallest absolute Gasteiger partial charge is 0.336 e. The Morgan fingerprint density at radius 2 is 1.88 bits per heavy atom. The lowest BCUT2D eigenvalue weighted by atomic mass is 9.99. The molecule has 0 atom stereocenters. The van der Waals surface area contributed by atoms with Crippen LogP contribution in [0, 0.1) is 11.3 Å². The van der Waals surface area contributed by atoms with E-state index in [1.54, 1.807) is 12.1 Å². The van der Waals surface area contributed by atoms with E-state index in [0.717, 1.165) is 10.8 Å². The van der Waals surface area contributed by atoms with Gasteiger partial charge in [0.1, 0.15) is 0 Å². The number of hydrogen-bond acceptors (Lipinski definition) is 2. The van der Waals surface area contributed by atoms with Crippen LogP contribution < -0.4 is 0 Å². The largest absolute Gasteiger partial charge is 0.478 e. The van der Waals surface area contributed by atoms with E-state index in [9.17, 15) is 4.79 Å². The Labute approximate surface area is 92.6 Å². The fourth-order valence-electron chi connectivity index (χ4n) is 1.72. The molecule has 2 aromatic rings. The van der Waals surface area contributed by atoms with Crippen molar-refractivity contribution in [2.24, 2.45) is 0 Å². The molecule has 3 heteroatoms. The van der Waals surface area contributed by atoms with Gasteiger partial charge in [-0.05, 0) is 28.5 Å². The molecule has 78 valence electrons. The van der Waals surface area contributed by atoms with Crippen LogP contribution in [0.15, 0.2) is 36.4 Å². The Balaban J connectivity index is 2.71. The summed E-state index contributed by atoms with van der Waals surface area (Å²) in [5, 5.41) is 19.5. The second kappa shape index (κ2) is 4.03. The summed E-state index contributed by atoms with van der Waals surface area (Å²) in [7, 11) is 0. The zero-order valence-corrected chi connectivity index (χ0v) is 8.47. The zero-order valence-electron chi connectivity index (χ0n) is 8.47. The van der Waals surface area contributed by atoms with Gasteiger partial charge in [-0.25, -0.2) is 4.79 Å². The molecule has 0 saturated carbocycles. The average Bonchev–Trinajstić information content (AvgIpc) is 2.28. The van der Waals surface area contributed by atoms with Crippen LogP contribution in [0.5, 0.6) is 0 Å². The Morgan fingerprint density at radius 3 is 2.44 bits per heavy atom. The van der Waals surface area contributed by atoms with Crippen molar-refractivity contribution in [3.8, 4) is 6.07 Å². The second-order valence-corrected chi connectivity index (χ2v) is 3.50. The molecule has 3 nitrogen and oxygen atoms in total. The van der Waals surface area contributed by atoms with E-state index in [1.165, 1.54) is 0 Å². The maximum atomic E-state index is 11.0. The van der Waals surface area contributed by atoms with Crippen molar-refractivity contribution in [1.29, 1.82) is 5.26 Å². The molecule has 2 rings (SSSR count). The van der Waals surface area contributed by atoms with Crippen LogP contribution >= 0.6 is 0 Å². The van der Waals surface area contributed by atoms with Crippen LogP contribution in [0.4, 0.5) is 0 Å². The van der Waals surface area contributed by atoms with Gasteiger partial charge in [-0.2, -0.15) is 5.26 Å². The Kier molecular flexibility index (Phi) is 2.57. The number of fused-ring (bicyclic) bond motifs is 1. The van der Waals surface area contributed by atoms with E-state index in [1.807, 2.05) is 30.3 Å². The normalized spacial score (nSPS) is 9.94. The summed E-state index contributed by atoms with van der Waals surface area (Å²) >= 11 is 0. The van der Waals surface area contributed by atoms with Crippen molar-refractivity contribution in [3.63, 3.8) is 0 Å². The first-order chi connectivity index (χ1) is 7.72. The lowest BCUT2D eigenvalue weighted by molar-refractivity contribution is 0.0696. The summed E-state index contributed by atoms with van der Waals surface area (Å²) in [5.41, 5.74) is 0.772. The molecule has 0 saturated heterocycles. The standard InChI is InChI=1S/C13H9NO2/c14-6-5-11-7-9-3-1-2-4-10(9)8-12(11)13(15)16/h1-4,7-8H,5H2,(H,15,16). The first-order valence-corrected chi connectivity index (χ1v) is 4.84. The van der Waals surface area contributed by atoms with Gasteiger partial charge in [0, 0.05) is 0 Å². The average molecular weight is 211 g/mol. The van der Waals surface area contributed by atoms with Gasteiger partial charge in [0.2, 0.25) is 0 Å². The molecule has 0 fully saturated rings. The van der Waals surface area contributed by atoms with Crippen LogP contribution in [-0.4, -0.2) is 11.1 Å². The molecule has 0 bridgehead atoms. The lowest BCUT2D eigenvalue weighted by Crippen LogP contribution is -2.02. The minimum Gasteiger partial charge on any atom is -0.478 e. The van der Waals surface area contributed by atoms with Crippen molar-refractivity contribution >= 4 is 16.7 Å². The molecule has 0 aliphatic rings. The summed E-state index contributed by atoms with van der Waals surface area (Å²) in [6.45, 7) is 0. The number of carboxylic acid groups (broad SMARTS) is 1. The number of aromatic carboxylic acids is 1. The van der Waals surface area contributed by atoms with E-state index in [-0.39, 0.29) is 12.0 Å². The molecule has 0 spiro atoms. The number of nitrogens with zero attached hydrogens (tertiary/aromatic N) is 1. The molecular weight excluding hydrogens is 202 g/mol. The molecule has 0 amide bonds. The highest BCUT2D eigenvalue weighted by Gasteiger charge is 2.10. The van der Waals surface area contributed by atoms with Crippen LogP contribution in [0.1, 0.15) is 15.9 Å². The molecule has 0 aromatic heterocycles. The number of carboxylic acids is 1. The van der Waals surface area contributed by atoms with Gasteiger partial charge in [0.05, 0.1) is 18.1 Å². The fourth-order valence-corrected chi connectivity index (χ4v) is 1.72. The van der Waals surface area contributed by atoms with E-state index in [0.29, 0.717) is 5.56 Å². The summed E-state index contributed by atoms with van der Waals surface area (Å²) in [4.78, 5) is 11.0. The predicted octanol–water partition coefficient (Wildman–Crippen LogP) is 2.60. The number of carbonyl (C=O) groups is 1. The van der Waals surface area contributed by atoms with E-state index < -0.39 is 5.97 Å². The first kappa shape index (κ1) is 10.2. The Morgan fingerprint density at radius 1 is 1.25 bits per heavy atom. The molecule has 0 aliphatic heterocycles. The number of hydrogen-bond donors (Lipinski definition) is 1. The maximum Gasteiger partial charge on any atom is 0.336 e.